The molecule has 0 saturated heterocycles. The van der Waals surface area contributed by atoms with Crippen molar-refractivity contribution in [2.75, 3.05) is 23.9 Å². The molecule has 0 spiro atoms. The number of hydrogen-bond acceptors (Lipinski definition) is 7. The third kappa shape index (κ3) is 7.52. The van der Waals surface area contributed by atoms with Gasteiger partial charge in [0.25, 0.3) is 0 Å². The number of rotatable bonds is 8. The Kier molecular flexibility index (Phi) is 8.02. The lowest BCUT2D eigenvalue weighted by Crippen LogP contribution is -2.26. The van der Waals surface area contributed by atoms with Crippen LogP contribution >= 0.6 is 11.8 Å². The largest absolute Gasteiger partial charge is 0.454 e. The minimum Gasteiger partial charge on any atom is -0.454 e. The van der Waals surface area contributed by atoms with Gasteiger partial charge in [-0.25, -0.2) is 13.2 Å². The van der Waals surface area contributed by atoms with Crippen molar-refractivity contribution in [1.82, 2.24) is 0 Å². The number of nitrogens with one attached hydrogen (secondary N) is 1. The zero-order valence-corrected chi connectivity index (χ0v) is 19.4. The van der Waals surface area contributed by atoms with Crippen LogP contribution in [0.3, 0.4) is 0 Å². The molecule has 1 N–H and O–H groups in total. The number of benzene rings is 2. The summed E-state index contributed by atoms with van der Waals surface area (Å²) in [6.07, 6.45) is 1.11. The van der Waals surface area contributed by atoms with E-state index in [2.05, 4.69) is 5.32 Å². The Bertz CT molecular complexity index is 1070. The van der Waals surface area contributed by atoms with Crippen molar-refractivity contribution in [3.8, 4) is 0 Å². The number of carbonyl (C=O) groups is 3. The second kappa shape index (κ2) is 10.1. The van der Waals surface area contributed by atoms with Crippen LogP contribution in [-0.4, -0.2) is 44.7 Å². The van der Waals surface area contributed by atoms with Crippen molar-refractivity contribution in [1.29, 1.82) is 0 Å². The van der Waals surface area contributed by atoms with Gasteiger partial charge in [0.05, 0.1) is 16.2 Å². The van der Waals surface area contributed by atoms with E-state index < -0.39 is 21.2 Å². The van der Waals surface area contributed by atoms with Crippen LogP contribution in [-0.2, 0) is 24.2 Å². The lowest BCUT2D eigenvalue weighted by atomic mass is 9.91. The molecule has 0 aromatic heterocycles. The maximum absolute atomic E-state index is 12.4. The van der Waals surface area contributed by atoms with Gasteiger partial charge in [0.1, 0.15) is 0 Å². The minimum absolute atomic E-state index is 0.0268. The Morgan fingerprint density at radius 3 is 2.19 bits per heavy atom. The number of thioether (sulfide) groups is 1. The molecule has 0 bridgehead atoms. The average molecular weight is 464 g/mol. The highest BCUT2D eigenvalue weighted by molar-refractivity contribution is 8.00. The normalized spacial score (nSPS) is 11.6. The van der Waals surface area contributed by atoms with E-state index in [1.54, 1.807) is 45.0 Å². The monoisotopic (exact) mass is 463 g/mol. The molecule has 0 unspecified atom stereocenters. The highest BCUT2D eigenvalue weighted by atomic mass is 32.2. The molecule has 31 heavy (non-hydrogen) atoms. The Morgan fingerprint density at radius 1 is 1.00 bits per heavy atom. The van der Waals surface area contributed by atoms with E-state index in [0.29, 0.717) is 10.6 Å². The molecule has 0 radical (unpaired) electrons. The van der Waals surface area contributed by atoms with Crippen LogP contribution in [0.2, 0.25) is 0 Å². The molecule has 2 rings (SSSR count). The van der Waals surface area contributed by atoms with E-state index in [9.17, 15) is 22.8 Å². The van der Waals surface area contributed by atoms with E-state index in [4.69, 9.17) is 4.74 Å². The summed E-state index contributed by atoms with van der Waals surface area (Å²) in [5.74, 6) is -1.10. The van der Waals surface area contributed by atoms with Crippen LogP contribution < -0.4 is 5.32 Å². The molecule has 0 aliphatic heterocycles. The molecule has 0 aliphatic rings. The molecule has 0 aliphatic carbocycles. The number of sulfone groups is 1. The maximum atomic E-state index is 12.4. The molecule has 0 saturated carbocycles. The summed E-state index contributed by atoms with van der Waals surface area (Å²) in [5, 5.41) is 2.68. The van der Waals surface area contributed by atoms with Gasteiger partial charge in [-0.05, 0) is 36.4 Å². The van der Waals surface area contributed by atoms with Crippen LogP contribution in [0.5, 0.6) is 0 Å². The van der Waals surface area contributed by atoms with Gasteiger partial charge in [-0.1, -0.05) is 32.9 Å². The first-order chi connectivity index (χ1) is 14.4. The van der Waals surface area contributed by atoms with Crippen LogP contribution in [0, 0.1) is 5.41 Å². The lowest BCUT2D eigenvalue weighted by molar-refractivity contribution is -0.129. The number of Topliss-reactive ketones (excluding diaryl/α,β-unsaturated/α-hetero) is 1. The van der Waals surface area contributed by atoms with Crippen LogP contribution in [0.4, 0.5) is 5.69 Å². The summed E-state index contributed by atoms with van der Waals surface area (Å²) < 4.78 is 28.1. The zero-order chi connectivity index (χ0) is 23.2. The lowest BCUT2D eigenvalue weighted by Gasteiger charge is -2.16. The topological polar surface area (TPSA) is 107 Å². The summed E-state index contributed by atoms with van der Waals surface area (Å²) in [7, 11) is -3.31. The van der Waals surface area contributed by atoms with Crippen molar-refractivity contribution in [2.45, 2.75) is 30.6 Å². The molecule has 166 valence electrons. The van der Waals surface area contributed by atoms with E-state index in [1.807, 2.05) is 0 Å². The summed E-state index contributed by atoms with van der Waals surface area (Å²) in [6.45, 7) is 4.94. The fraction of sp³-hybridized carbons (Fsp3) is 0.318. The molecule has 1 amide bonds. The summed E-state index contributed by atoms with van der Waals surface area (Å²) in [6, 6.07) is 12.5. The first kappa shape index (κ1) is 24.6. The van der Waals surface area contributed by atoms with E-state index in [0.717, 1.165) is 18.0 Å². The predicted octanol–water partition coefficient (Wildman–Crippen LogP) is 3.59. The van der Waals surface area contributed by atoms with Gasteiger partial charge in [0, 0.05) is 22.3 Å². The number of carbonyl (C=O) groups excluding carboxylic acids is 3. The van der Waals surface area contributed by atoms with Crippen LogP contribution in [0.1, 0.15) is 31.1 Å². The second-order valence-corrected chi connectivity index (χ2v) is 10.9. The van der Waals surface area contributed by atoms with E-state index in [1.165, 1.54) is 24.3 Å². The van der Waals surface area contributed by atoms with Crippen LogP contribution in [0.15, 0.2) is 58.3 Å². The molecule has 2 aromatic rings. The van der Waals surface area contributed by atoms with Gasteiger partial charge < -0.3 is 10.1 Å². The molecular formula is C22H25NO6S2. The van der Waals surface area contributed by atoms with E-state index >= 15 is 0 Å². The minimum atomic E-state index is -3.31. The van der Waals surface area contributed by atoms with Crippen molar-refractivity contribution >= 4 is 44.9 Å². The molecular weight excluding hydrogens is 438 g/mol. The van der Waals surface area contributed by atoms with Crippen LogP contribution in [0.25, 0.3) is 0 Å². The zero-order valence-electron chi connectivity index (χ0n) is 17.8. The van der Waals surface area contributed by atoms with Crippen molar-refractivity contribution < 1.29 is 27.5 Å². The van der Waals surface area contributed by atoms with Gasteiger partial charge in [0.15, 0.2) is 22.2 Å². The summed E-state index contributed by atoms with van der Waals surface area (Å²) >= 11 is 1.16. The smallest absolute Gasteiger partial charge is 0.339 e. The second-order valence-electron chi connectivity index (χ2n) is 7.88. The number of ketones is 1. The SMILES string of the molecule is CC(C)(C)C(=O)COC(=O)c1ccccc1SCC(=O)Nc1ccc(S(C)(=O)=O)cc1. The maximum Gasteiger partial charge on any atom is 0.339 e. The highest BCUT2D eigenvalue weighted by Crippen LogP contribution is 2.24. The Hall–Kier alpha value is -2.65. The number of anilines is 1. The standard InChI is InChI=1S/C22H25NO6S2/c1-22(2,3)19(24)13-29-21(26)17-7-5-6-8-18(17)30-14-20(25)23-15-9-11-16(12-10-15)31(4,27)28/h5-12H,13-14H2,1-4H3,(H,23,25). The van der Waals surface area contributed by atoms with Crippen molar-refractivity contribution in [3.05, 3.63) is 54.1 Å². The van der Waals surface area contributed by atoms with Crippen molar-refractivity contribution in [3.63, 3.8) is 0 Å². The molecule has 0 heterocycles. The van der Waals surface area contributed by atoms with Gasteiger partial charge in [0.2, 0.25) is 5.91 Å². The molecule has 9 heteroatoms. The Balaban J connectivity index is 1.97. The summed E-state index contributed by atoms with van der Waals surface area (Å²) in [5.41, 5.74) is 0.137. The third-order valence-electron chi connectivity index (χ3n) is 4.20. The highest BCUT2D eigenvalue weighted by Gasteiger charge is 2.23. The van der Waals surface area contributed by atoms with Gasteiger partial charge in [-0.15, -0.1) is 11.8 Å². The predicted molar refractivity (Wildman–Crippen MR) is 120 cm³/mol. The quantitative estimate of drug-likeness (QED) is 0.471. The molecule has 7 nitrogen and oxygen atoms in total. The van der Waals surface area contributed by atoms with E-state index in [-0.39, 0.29) is 34.5 Å². The van der Waals surface area contributed by atoms with Crippen molar-refractivity contribution in [2.24, 2.45) is 5.41 Å². The number of ether oxygens (including phenoxy) is 1. The molecule has 0 atom stereocenters. The number of esters is 1. The Morgan fingerprint density at radius 2 is 1.61 bits per heavy atom. The molecule has 2 aromatic carbocycles. The first-order valence-corrected chi connectivity index (χ1v) is 12.3. The summed E-state index contributed by atoms with van der Waals surface area (Å²) in [4.78, 5) is 37.4. The van der Waals surface area contributed by atoms with Gasteiger partial charge >= 0.3 is 5.97 Å². The fourth-order valence-electron chi connectivity index (χ4n) is 2.31. The number of amides is 1. The third-order valence-corrected chi connectivity index (χ3v) is 6.40. The Labute approximate surface area is 186 Å². The van der Waals surface area contributed by atoms with Gasteiger partial charge in [-0.2, -0.15) is 0 Å². The fourth-order valence-corrected chi connectivity index (χ4v) is 3.78. The number of hydrogen-bond donors (Lipinski definition) is 1. The first-order valence-electron chi connectivity index (χ1n) is 9.40. The molecule has 0 fully saturated rings. The van der Waals surface area contributed by atoms with Gasteiger partial charge in [-0.3, -0.25) is 9.59 Å². The average Bonchev–Trinajstić information content (AvgIpc) is 2.69.